The molecule has 0 bridgehead atoms. The van der Waals surface area contributed by atoms with Gasteiger partial charge in [-0.05, 0) is 25.5 Å². The van der Waals surface area contributed by atoms with Gasteiger partial charge in [-0.2, -0.15) is 0 Å². The topological polar surface area (TPSA) is 81.5 Å². The van der Waals surface area contributed by atoms with Crippen LogP contribution >= 0.6 is 0 Å². The van der Waals surface area contributed by atoms with Crippen LogP contribution in [0.15, 0.2) is 24.3 Å². The van der Waals surface area contributed by atoms with Gasteiger partial charge in [-0.3, -0.25) is 10.1 Å². The first kappa shape index (κ1) is 15.1. The highest BCUT2D eigenvalue weighted by Gasteiger charge is 2.10. The smallest absolute Gasteiger partial charge is 0.338 e. The second-order valence-electron chi connectivity index (χ2n) is 4.20. The maximum Gasteiger partial charge on any atom is 0.338 e. The van der Waals surface area contributed by atoms with Gasteiger partial charge in [-0.15, -0.1) is 0 Å². The summed E-state index contributed by atoms with van der Waals surface area (Å²) in [6.45, 7) is 4.99. The minimum absolute atomic E-state index is 0.0463. The van der Waals surface area contributed by atoms with E-state index >= 15 is 0 Å². The van der Waals surface area contributed by atoms with Gasteiger partial charge in [0.2, 0.25) is 0 Å². The maximum atomic E-state index is 11.6. The standard InChI is InChI=1S/C13H18N2O4/c1-3-10(2)14-8-9-19-13(16)11-4-6-12(7-5-11)15(17)18/h4-7,10,14H,3,8-9H2,1-2H3/t10-/m1/s1. The van der Waals surface area contributed by atoms with Crippen LogP contribution in [0.1, 0.15) is 30.6 Å². The minimum Gasteiger partial charge on any atom is -0.461 e. The van der Waals surface area contributed by atoms with Gasteiger partial charge in [-0.25, -0.2) is 4.79 Å². The SMILES string of the molecule is CC[C@@H](C)NCCOC(=O)c1ccc([N+](=O)[O-])cc1. The van der Waals surface area contributed by atoms with E-state index < -0.39 is 10.9 Å². The van der Waals surface area contributed by atoms with Crippen LogP contribution < -0.4 is 5.32 Å². The number of rotatable bonds is 7. The Morgan fingerprint density at radius 2 is 2.05 bits per heavy atom. The summed E-state index contributed by atoms with van der Waals surface area (Å²) in [6.07, 6.45) is 1.01. The fourth-order valence-corrected chi connectivity index (χ4v) is 1.40. The van der Waals surface area contributed by atoms with Crippen LogP contribution in [-0.4, -0.2) is 30.1 Å². The molecule has 0 aliphatic carbocycles. The second kappa shape index (κ2) is 7.48. The summed E-state index contributed by atoms with van der Waals surface area (Å²) in [7, 11) is 0. The molecule has 0 unspecified atom stereocenters. The van der Waals surface area contributed by atoms with Gasteiger partial charge >= 0.3 is 5.97 Å². The van der Waals surface area contributed by atoms with Crippen molar-refractivity contribution in [3.05, 3.63) is 39.9 Å². The summed E-state index contributed by atoms with van der Waals surface area (Å²) >= 11 is 0. The minimum atomic E-state index is -0.509. The van der Waals surface area contributed by atoms with E-state index in [1.807, 2.05) is 0 Å². The predicted molar refractivity (Wildman–Crippen MR) is 71.1 cm³/mol. The van der Waals surface area contributed by atoms with Gasteiger partial charge < -0.3 is 10.1 Å². The van der Waals surface area contributed by atoms with Crippen molar-refractivity contribution in [2.75, 3.05) is 13.2 Å². The van der Waals surface area contributed by atoms with E-state index in [4.69, 9.17) is 4.74 Å². The quantitative estimate of drug-likeness (QED) is 0.354. The average Bonchev–Trinajstić information content (AvgIpc) is 2.43. The molecule has 0 saturated heterocycles. The van der Waals surface area contributed by atoms with Crippen molar-refractivity contribution >= 4 is 11.7 Å². The number of hydrogen-bond donors (Lipinski definition) is 1. The van der Waals surface area contributed by atoms with Crippen molar-refractivity contribution in [1.82, 2.24) is 5.32 Å². The van der Waals surface area contributed by atoms with Crippen molar-refractivity contribution in [2.24, 2.45) is 0 Å². The molecule has 1 aromatic rings. The Kier molecular flexibility index (Phi) is 5.95. The van der Waals surface area contributed by atoms with Crippen LogP contribution in [0.2, 0.25) is 0 Å². The third-order valence-corrected chi connectivity index (χ3v) is 2.75. The first-order valence-corrected chi connectivity index (χ1v) is 6.19. The molecule has 1 atom stereocenters. The lowest BCUT2D eigenvalue weighted by Crippen LogP contribution is -2.29. The molecule has 0 fully saturated rings. The van der Waals surface area contributed by atoms with Gasteiger partial charge in [0, 0.05) is 24.7 Å². The number of nitro groups is 1. The molecule has 6 heteroatoms. The van der Waals surface area contributed by atoms with Gasteiger partial charge in [-0.1, -0.05) is 6.92 Å². The number of carbonyl (C=O) groups excluding carboxylic acids is 1. The summed E-state index contributed by atoms with van der Waals surface area (Å²) in [5.41, 5.74) is 0.268. The summed E-state index contributed by atoms with van der Waals surface area (Å²) in [5.74, 6) is -0.471. The first-order valence-electron chi connectivity index (χ1n) is 6.19. The van der Waals surface area contributed by atoms with Crippen molar-refractivity contribution in [3.8, 4) is 0 Å². The Labute approximate surface area is 111 Å². The summed E-state index contributed by atoms with van der Waals surface area (Å²) in [6, 6.07) is 5.74. The van der Waals surface area contributed by atoms with Crippen LogP contribution in [0.3, 0.4) is 0 Å². The molecule has 104 valence electrons. The molecular weight excluding hydrogens is 248 g/mol. The lowest BCUT2D eigenvalue weighted by Gasteiger charge is -2.11. The van der Waals surface area contributed by atoms with E-state index in [2.05, 4.69) is 19.2 Å². The number of nitrogens with zero attached hydrogens (tertiary/aromatic N) is 1. The zero-order valence-corrected chi connectivity index (χ0v) is 11.1. The molecular formula is C13H18N2O4. The number of nitro benzene ring substituents is 1. The van der Waals surface area contributed by atoms with Gasteiger partial charge in [0.05, 0.1) is 10.5 Å². The molecule has 1 aromatic carbocycles. The number of ether oxygens (including phenoxy) is 1. The molecule has 0 radical (unpaired) electrons. The zero-order valence-electron chi connectivity index (χ0n) is 11.1. The normalized spacial score (nSPS) is 11.9. The number of nitrogens with one attached hydrogen (secondary N) is 1. The van der Waals surface area contributed by atoms with Crippen LogP contribution in [0, 0.1) is 10.1 Å². The number of esters is 1. The maximum absolute atomic E-state index is 11.6. The van der Waals surface area contributed by atoms with Crippen molar-refractivity contribution < 1.29 is 14.5 Å². The highest BCUT2D eigenvalue weighted by Crippen LogP contribution is 2.12. The third-order valence-electron chi connectivity index (χ3n) is 2.75. The van der Waals surface area contributed by atoms with E-state index in [9.17, 15) is 14.9 Å². The number of non-ortho nitro benzene ring substituents is 1. The molecule has 6 nitrogen and oxygen atoms in total. The highest BCUT2D eigenvalue weighted by molar-refractivity contribution is 5.89. The van der Waals surface area contributed by atoms with Crippen LogP contribution in [0.25, 0.3) is 0 Å². The van der Waals surface area contributed by atoms with Crippen molar-refractivity contribution in [2.45, 2.75) is 26.3 Å². The molecule has 0 saturated carbocycles. The Hall–Kier alpha value is -1.95. The predicted octanol–water partition coefficient (Wildman–Crippen LogP) is 2.14. The lowest BCUT2D eigenvalue weighted by molar-refractivity contribution is -0.384. The molecule has 0 amide bonds. The summed E-state index contributed by atoms with van der Waals surface area (Å²) < 4.78 is 5.05. The largest absolute Gasteiger partial charge is 0.461 e. The summed E-state index contributed by atoms with van der Waals surface area (Å²) in [5, 5.41) is 13.7. The molecule has 0 aliphatic rings. The van der Waals surface area contributed by atoms with E-state index in [-0.39, 0.29) is 12.3 Å². The Balaban J connectivity index is 2.39. The molecule has 1 rings (SSSR count). The monoisotopic (exact) mass is 266 g/mol. The molecule has 0 aliphatic heterocycles. The van der Waals surface area contributed by atoms with Gasteiger partial charge in [0.25, 0.3) is 5.69 Å². The molecule has 1 N–H and O–H groups in total. The first-order chi connectivity index (χ1) is 9.04. The number of hydrogen-bond acceptors (Lipinski definition) is 5. The average molecular weight is 266 g/mol. The van der Waals surface area contributed by atoms with E-state index in [0.717, 1.165) is 6.42 Å². The number of benzene rings is 1. The van der Waals surface area contributed by atoms with Crippen molar-refractivity contribution in [1.29, 1.82) is 0 Å². The van der Waals surface area contributed by atoms with Crippen LogP contribution in [-0.2, 0) is 4.74 Å². The van der Waals surface area contributed by atoms with Crippen LogP contribution in [0.5, 0.6) is 0 Å². The third kappa shape index (κ3) is 5.05. The van der Waals surface area contributed by atoms with E-state index in [0.29, 0.717) is 18.2 Å². The Bertz CT molecular complexity index is 431. The van der Waals surface area contributed by atoms with Crippen LogP contribution in [0.4, 0.5) is 5.69 Å². The van der Waals surface area contributed by atoms with E-state index in [1.165, 1.54) is 24.3 Å². The highest BCUT2D eigenvalue weighted by atomic mass is 16.6. The van der Waals surface area contributed by atoms with E-state index in [1.54, 1.807) is 0 Å². The zero-order chi connectivity index (χ0) is 14.3. The van der Waals surface area contributed by atoms with Gasteiger partial charge in [0.1, 0.15) is 6.61 Å². The Morgan fingerprint density at radius 1 is 1.42 bits per heavy atom. The molecule has 19 heavy (non-hydrogen) atoms. The molecule has 0 aromatic heterocycles. The molecule has 0 spiro atoms. The van der Waals surface area contributed by atoms with Gasteiger partial charge in [0.15, 0.2) is 0 Å². The Morgan fingerprint density at radius 3 is 2.58 bits per heavy atom. The lowest BCUT2D eigenvalue weighted by atomic mass is 10.2. The second-order valence-corrected chi connectivity index (χ2v) is 4.20. The number of carbonyl (C=O) groups is 1. The summed E-state index contributed by atoms with van der Waals surface area (Å²) in [4.78, 5) is 21.6. The fourth-order valence-electron chi connectivity index (χ4n) is 1.40. The molecule has 0 heterocycles. The van der Waals surface area contributed by atoms with Crippen molar-refractivity contribution in [3.63, 3.8) is 0 Å². The fraction of sp³-hybridized carbons (Fsp3) is 0.462.